The van der Waals surface area contributed by atoms with Crippen LogP contribution in [-0.4, -0.2) is 63.7 Å². The van der Waals surface area contributed by atoms with E-state index < -0.39 is 0 Å². The Balaban J connectivity index is 1.82. The number of guanidine groups is 1. The number of rotatable bonds is 6. The second-order valence-electron chi connectivity index (χ2n) is 6.57. The topological polar surface area (TPSA) is 40.1 Å². The molecule has 0 spiro atoms. The second kappa shape index (κ2) is 8.89. The van der Waals surface area contributed by atoms with Crippen LogP contribution in [0.5, 0.6) is 0 Å². The largest absolute Gasteiger partial charge is 0.381 e. The van der Waals surface area contributed by atoms with Gasteiger partial charge >= 0.3 is 0 Å². The van der Waals surface area contributed by atoms with Crippen LogP contribution in [0.1, 0.15) is 17.5 Å². The predicted molar refractivity (Wildman–Crippen MR) is 95.6 cm³/mol. The Morgan fingerprint density at radius 2 is 1.91 bits per heavy atom. The van der Waals surface area contributed by atoms with Gasteiger partial charge in [-0.1, -0.05) is 24.3 Å². The number of ether oxygens (including phenoxy) is 1. The van der Waals surface area contributed by atoms with E-state index in [0.29, 0.717) is 5.92 Å². The van der Waals surface area contributed by atoms with Crippen molar-refractivity contribution in [2.45, 2.75) is 19.5 Å². The van der Waals surface area contributed by atoms with Gasteiger partial charge in [0, 0.05) is 46.3 Å². The van der Waals surface area contributed by atoms with Gasteiger partial charge in [-0.25, -0.2) is 0 Å². The molecule has 0 saturated carbocycles. The minimum Gasteiger partial charge on any atom is -0.381 e. The van der Waals surface area contributed by atoms with Gasteiger partial charge in [-0.15, -0.1) is 0 Å². The lowest BCUT2D eigenvalue weighted by atomic mass is 10.1. The molecule has 0 aromatic heterocycles. The third kappa shape index (κ3) is 5.84. The minimum atomic E-state index is 0.615. The summed E-state index contributed by atoms with van der Waals surface area (Å²) < 4.78 is 5.45. The first-order valence-corrected chi connectivity index (χ1v) is 8.30. The van der Waals surface area contributed by atoms with Gasteiger partial charge in [0.15, 0.2) is 5.96 Å². The van der Waals surface area contributed by atoms with E-state index in [1.54, 1.807) is 0 Å². The van der Waals surface area contributed by atoms with Gasteiger partial charge in [-0.3, -0.25) is 4.99 Å². The summed E-state index contributed by atoms with van der Waals surface area (Å²) in [4.78, 5) is 8.76. The van der Waals surface area contributed by atoms with Crippen LogP contribution in [0.3, 0.4) is 0 Å². The van der Waals surface area contributed by atoms with Crippen LogP contribution in [0, 0.1) is 5.92 Å². The molecule has 1 atom stereocenters. The Morgan fingerprint density at radius 1 is 1.22 bits per heavy atom. The number of aliphatic imine (C=N–C) groups is 1. The van der Waals surface area contributed by atoms with Crippen LogP contribution < -0.4 is 5.32 Å². The Morgan fingerprint density at radius 3 is 2.48 bits per heavy atom. The van der Waals surface area contributed by atoms with Crippen LogP contribution in [0.15, 0.2) is 29.3 Å². The average Bonchev–Trinajstić information content (AvgIpc) is 3.02. The van der Waals surface area contributed by atoms with Crippen LogP contribution in [-0.2, 0) is 17.8 Å². The van der Waals surface area contributed by atoms with Crippen molar-refractivity contribution in [3.63, 3.8) is 0 Å². The average molecular weight is 318 g/mol. The second-order valence-corrected chi connectivity index (χ2v) is 6.57. The van der Waals surface area contributed by atoms with Gasteiger partial charge < -0.3 is 19.9 Å². The third-order valence-electron chi connectivity index (χ3n) is 4.10. The molecular formula is C18H30N4O. The lowest BCUT2D eigenvalue weighted by Crippen LogP contribution is -2.41. The Hall–Kier alpha value is -1.59. The third-order valence-corrected chi connectivity index (χ3v) is 4.10. The number of nitrogens with zero attached hydrogens (tertiary/aromatic N) is 3. The van der Waals surface area contributed by atoms with Crippen LogP contribution in [0.4, 0.5) is 0 Å². The molecule has 0 radical (unpaired) electrons. The van der Waals surface area contributed by atoms with Crippen molar-refractivity contribution in [3.05, 3.63) is 35.4 Å². The Labute approximate surface area is 140 Å². The zero-order chi connectivity index (χ0) is 16.7. The number of hydrogen-bond acceptors (Lipinski definition) is 3. The predicted octanol–water partition coefficient (Wildman–Crippen LogP) is 1.79. The van der Waals surface area contributed by atoms with E-state index in [1.807, 2.05) is 7.05 Å². The SMILES string of the molecule is CN=C(NCc1ccc(CN(C)C)cc1)N(C)CC1CCOC1. The minimum absolute atomic E-state index is 0.615. The molecule has 1 heterocycles. The van der Waals surface area contributed by atoms with E-state index in [1.165, 1.54) is 11.1 Å². The highest BCUT2D eigenvalue weighted by Crippen LogP contribution is 2.13. The maximum atomic E-state index is 5.45. The number of nitrogens with one attached hydrogen (secondary N) is 1. The molecule has 5 heteroatoms. The van der Waals surface area contributed by atoms with Gasteiger partial charge in [0.2, 0.25) is 0 Å². The zero-order valence-corrected chi connectivity index (χ0v) is 14.9. The molecule has 2 rings (SSSR count). The number of benzene rings is 1. The summed E-state index contributed by atoms with van der Waals surface area (Å²) in [7, 11) is 8.10. The summed E-state index contributed by atoms with van der Waals surface area (Å²) >= 11 is 0. The molecule has 1 aliphatic heterocycles. The maximum absolute atomic E-state index is 5.45. The summed E-state index contributed by atoms with van der Waals surface area (Å²) in [6, 6.07) is 8.76. The summed E-state index contributed by atoms with van der Waals surface area (Å²) in [5.74, 6) is 1.55. The van der Waals surface area contributed by atoms with Gasteiger partial charge in [0.05, 0.1) is 6.61 Å². The molecule has 0 aliphatic carbocycles. The van der Waals surface area contributed by atoms with Crippen molar-refractivity contribution >= 4 is 5.96 Å². The molecule has 23 heavy (non-hydrogen) atoms. The Bertz CT molecular complexity index is 492. The summed E-state index contributed by atoms with van der Waals surface area (Å²) in [5, 5.41) is 3.44. The molecule has 1 aromatic rings. The van der Waals surface area contributed by atoms with Crippen molar-refractivity contribution in [2.75, 3.05) is 47.9 Å². The van der Waals surface area contributed by atoms with E-state index in [0.717, 1.165) is 45.2 Å². The van der Waals surface area contributed by atoms with Crippen molar-refractivity contribution in [2.24, 2.45) is 10.9 Å². The molecule has 0 amide bonds. The van der Waals surface area contributed by atoms with Gasteiger partial charge in [-0.05, 0) is 31.6 Å². The fraction of sp³-hybridized carbons (Fsp3) is 0.611. The molecule has 128 valence electrons. The van der Waals surface area contributed by atoms with E-state index in [-0.39, 0.29) is 0 Å². The standard InChI is InChI=1S/C18H30N4O/c1-19-18(22(4)13-17-9-10-23-14-17)20-11-15-5-7-16(8-6-15)12-21(2)3/h5-8,17H,9-14H2,1-4H3,(H,19,20). The lowest BCUT2D eigenvalue weighted by molar-refractivity contribution is 0.181. The van der Waals surface area contributed by atoms with Crippen molar-refractivity contribution in [1.82, 2.24) is 15.1 Å². The van der Waals surface area contributed by atoms with E-state index in [4.69, 9.17) is 4.74 Å². The first-order valence-electron chi connectivity index (χ1n) is 8.30. The molecule has 1 N–H and O–H groups in total. The number of hydrogen-bond donors (Lipinski definition) is 1. The summed E-state index contributed by atoms with van der Waals surface area (Å²) in [6.07, 6.45) is 1.15. The molecule has 1 saturated heterocycles. The fourth-order valence-corrected chi connectivity index (χ4v) is 2.89. The summed E-state index contributed by atoms with van der Waals surface area (Å²) in [5.41, 5.74) is 2.60. The van der Waals surface area contributed by atoms with Gasteiger partial charge in [0.1, 0.15) is 0 Å². The first-order chi connectivity index (χ1) is 11.1. The van der Waals surface area contributed by atoms with E-state index >= 15 is 0 Å². The zero-order valence-electron chi connectivity index (χ0n) is 14.9. The van der Waals surface area contributed by atoms with Gasteiger partial charge in [0.25, 0.3) is 0 Å². The highest BCUT2D eigenvalue weighted by molar-refractivity contribution is 5.79. The molecular weight excluding hydrogens is 288 g/mol. The monoisotopic (exact) mass is 318 g/mol. The maximum Gasteiger partial charge on any atom is 0.193 e. The van der Waals surface area contributed by atoms with Crippen molar-refractivity contribution in [3.8, 4) is 0 Å². The smallest absolute Gasteiger partial charge is 0.193 e. The van der Waals surface area contributed by atoms with E-state index in [2.05, 4.69) is 65.5 Å². The molecule has 1 unspecified atom stereocenters. The van der Waals surface area contributed by atoms with E-state index in [9.17, 15) is 0 Å². The first kappa shape index (κ1) is 17.8. The van der Waals surface area contributed by atoms with Crippen LogP contribution in [0.25, 0.3) is 0 Å². The van der Waals surface area contributed by atoms with Crippen molar-refractivity contribution in [1.29, 1.82) is 0 Å². The lowest BCUT2D eigenvalue weighted by Gasteiger charge is -2.24. The quantitative estimate of drug-likeness (QED) is 0.641. The normalized spacial score (nSPS) is 18.5. The molecule has 1 aliphatic rings. The van der Waals surface area contributed by atoms with Crippen LogP contribution in [0.2, 0.25) is 0 Å². The molecule has 1 fully saturated rings. The summed E-state index contributed by atoms with van der Waals surface area (Å²) in [6.45, 7) is 4.52. The molecule has 5 nitrogen and oxygen atoms in total. The van der Waals surface area contributed by atoms with Crippen molar-refractivity contribution < 1.29 is 4.74 Å². The van der Waals surface area contributed by atoms with Gasteiger partial charge in [-0.2, -0.15) is 0 Å². The van der Waals surface area contributed by atoms with Crippen LogP contribution >= 0.6 is 0 Å². The fourth-order valence-electron chi connectivity index (χ4n) is 2.89. The molecule has 1 aromatic carbocycles. The highest BCUT2D eigenvalue weighted by atomic mass is 16.5. The highest BCUT2D eigenvalue weighted by Gasteiger charge is 2.18. The molecule has 0 bridgehead atoms. The Kier molecular flexibility index (Phi) is 6.86.